The standard InChI is InChI=1S/C27H27F3N2O2/c1-32(25(34)11-4-17-2-6-19(7-3-17)27(28,29)30)20-8-10-22-24-14-18-5-9-21(33)15-23(18)26(22,16-20)12-13-31-24/h2-3,5-7,9,15,20,22,24,31,33H,8,10,12-14,16H2,1H3/t20?,22-,24+,26-/m0/s1. The molecule has 1 heterocycles. The second kappa shape index (κ2) is 8.35. The highest BCUT2D eigenvalue weighted by molar-refractivity contribution is 5.94. The lowest BCUT2D eigenvalue weighted by Crippen LogP contribution is -2.62. The molecule has 2 fully saturated rings. The molecular weight excluding hydrogens is 441 g/mol. The lowest BCUT2D eigenvalue weighted by atomic mass is 9.52. The zero-order chi connectivity index (χ0) is 24.1. The molecule has 1 saturated carbocycles. The Morgan fingerprint density at radius 1 is 1.18 bits per heavy atom. The molecule has 3 aliphatic rings. The van der Waals surface area contributed by atoms with Crippen LogP contribution in [0.5, 0.6) is 5.75 Å². The minimum absolute atomic E-state index is 0.0118. The van der Waals surface area contributed by atoms with Gasteiger partial charge in [0.15, 0.2) is 0 Å². The zero-order valence-electron chi connectivity index (χ0n) is 19.0. The van der Waals surface area contributed by atoms with E-state index in [1.165, 1.54) is 23.3 Å². The van der Waals surface area contributed by atoms with Crippen LogP contribution >= 0.6 is 0 Å². The number of nitrogens with one attached hydrogen (secondary N) is 1. The van der Waals surface area contributed by atoms with E-state index in [0.29, 0.717) is 17.5 Å². The summed E-state index contributed by atoms with van der Waals surface area (Å²) in [4.78, 5) is 14.6. The van der Waals surface area contributed by atoms with Crippen LogP contribution in [-0.4, -0.2) is 41.6 Å². The summed E-state index contributed by atoms with van der Waals surface area (Å²) in [5.41, 5.74) is 2.03. The number of rotatable bonds is 1. The first-order valence-electron chi connectivity index (χ1n) is 11.7. The molecule has 4 atom stereocenters. The van der Waals surface area contributed by atoms with Crippen molar-refractivity contribution in [1.82, 2.24) is 10.2 Å². The Hall–Kier alpha value is -2.98. The minimum Gasteiger partial charge on any atom is -0.508 e. The van der Waals surface area contributed by atoms with Gasteiger partial charge in [0, 0.05) is 36.0 Å². The predicted octanol–water partition coefficient (Wildman–Crippen LogP) is 4.25. The van der Waals surface area contributed by atoms with Crippen LogP contribution in [-0.2, 0) is 22.8 Å². The van der Waals surface area contributed by atoms with Gasteiger partial charge < -0.3 is 15.3 Å². The molecule has 2 aromatic carbocycles. The summed E-state index contributed by atoms with van der Waals surface area (Å²) < 4.78 is 38.3. The first-order valence-corrected chi connectivity index (χ1v) is 11.7. The van der Waals surface area contributed by atoms with E-state index in [0.717, 1.165) is 50.8 Å². The SMILES string of the molecule is CN(C(=O)C#Cc1ccc(C(F)(F)F)cc1)C1CC[C@H]2[C@H]3Cc4ccc(O)cc4[C@@]2(CCN3)C1. The lowest BCUT2D eigenvalue weighted by Gasteiger charge is -2.58. The third-order valence-corrected chi connectivity index (χ3v) is 8.05. The summed E-state index contributed by atoms with van der Waals surface area (Å²) in [6.45, 7) is 0.911. The van der Waals surface area contributed by atoms with Crippen molar-refractivity contribution in [2.75, 3.05) is 13.6 Å². The van der Waals surface area contributed by atoms with Crippen molar-refractivity contribution < 1.29 is 23.1 Å². The van der Waals surface area contributed by atoms with Crippen LogP contribution in [0.4, 0.5) is 13.2 Å². The average molecular weight is 469 g/mol. The van der Waals surface area contributed by atoms with E-state index in [2.05, 4.69) is 17.2 Å². The number of halogens is 3. The van der Waals surface area contributed by atoms with E-state index in [4.69, 9.17) is 0 Å². The fourth-order valence-corrected chi connectivity index (χ4v) is 6.37. The van der Waals surface area contributed by atoms with E-state index < -0.39 is 11.7 Å². The number of fused-ring (bicyclic) bond motifs is 1. The lowest BCUT2D eigenvalue weighted by molar-refractivity contribution is -0.137. The average Bonchev–Trinajstić information content (AvgIpc) is 2.82. The van der Waals surface area contributed by atoms with Crippen LogP contribution in [0, 0.1) is 17.8 Å². The van der Waals surface area contributed by atoms with Gasteiger partial charge in [0.25, 0.3) is 5.91 Å². The Bertz CT molecular complexity index is 1170. The molecule has 2 bridgehead atoms. The van der Waals surface area contributed by atoms with Gasteiger partial charge in [-0.3, -0.25) is 4.79 Å². The summed E-state index contributed by atoms with van der Waals surface area (Å²) in [5.74, 6) is 5.73. The molecular formula is C27H27F3N2O2. The summed E-state index contributed by atoms with van der Waals surface area (Å²) in [6.07, 6.45) is 0.198. The normalized spacial score (nSPS) is 27.6. The molecule has 2 N–H and O–H groups in total. The topological polar surface area (TPSA) is 52.6 Å². The molecule has 4 nitrogen and oxygen atoms in total. The van der Waals surface area contributed by atoms with Crippen molar-refractivity contribution in [2.45, 2.75) is 55.8 Å². The van der Waals surface area contributed by atoms with E-state index in [9.17, 15) is 23.1 Å². The van der Waals surface area contributed by atoms with Gasteiger partial charge in [-0.1, -0.05) is 12.0 Å². The van der Waals surface area contributed by atoms with Gasteiger partial charge in [-0.25, -0.2) is 0 Å². The molecule has 1 amide bonds. The maximum Gasteiger partial charge on any atom is 0.416 e. The van der Waals surface area contributed by atoms with Gasteiger partial charge in [-0.15, -0.1) is 0 Å². The number of carbonyl (C=O) groups is 1. The molecule has 0 radical (unpaired) electrons. The number of aromatic hydroxyl groups is 1. The monoisotopic (exact) mass is 468 g/mol. The molecule has 0 aromatic heterocycles. The third-order valence-electron chi connectivity index (χ3n) is 8.05. The number of nitrogens with zero attached hydrogens (tertiary/aromatic N) is 1. The third kappa shape index (κ3) is 3.94. The van der Waals surface area contributed by atoms with Gasteiger partial charge in [0.2, 0.25) is 0 Å². The highest BCUT2D eigenvalue weighted by atomic mass is 19.4. The second-order valence-corrected chi connectivity index (χ2v) is 9.80. The van der Waals surface area contributed by atoms with Gasteiger partial charge in [-0.05, 0) is 92.1 Å². The van der Waals surface area contributed by atoms with E-state index >= 15 is 0 Å². The number of phenols is 1. The smallest absolute Gasteiger partial charge is 0.416 e. The Balaban J connectivity index is 1.36. The number of phenolic OH excluding ortho intramolecular Hbond substituents is 1. The largest absolute Gasteiger partial charge is 0.508 e. The molecule has 1 saturated heterocycles. The van der Waals surface area contributed by atoms with Crippen molar-refractivity contribution in [3.8, 4) is 17.6 Å². The molecule has 1 unspecified atom stereocenters. The van der Waals surface area contributed by atoms with Gasteiger partial charge in [0.05, 0.1) is 5.56 Å². The minimum atomic E-state index is -4.40. The Labute approximate surface area is 197 Å². The Kier molecular flexibility index (Phi) is 5.60. The quantitative estimate of drug-likeness (QED) is 0.616. The summed E-state index contributed by atoms with van der Waals surface area (Å²) in [7, 11) is 1.76. The van der Waals surface area contributed by atoms with E-state index in [1.807, 2.05) is 12.1 Å². The summed E-state index contributed by atoms with van der Waals surface area (Å²) in [6, 6.07) is 10.6. The van der Waals surface area contributed by atoms with E-state index in [-0.39, 0.29) is 23.1 Å². The number of carbonyl (C=O) groups excluding carboxylic acids is 1. The molecule has 34 heavy (non-hydrogen) atoms. The molecule has 7 heteroatoms. The van der Waals surface area contributed by atoms with Crippen molar-refractivity contribution in [1.29, 1.82) is 0 Å². The number of hydrogen-bond donors (Lipinski definition) is 2. The molecule has 178 valence electrons. The first-order chi connectivity index (χ1) is 16.2. The Morgan fingerprint density at radius 3 is 2.68 bits per heavy atom. The zero-order valence-corrected chi connectivity index (χ0v) is 19.0. The second-order valence-electron chi connectivity index (χ2n) is 9.80. The number of hydrogen-bond acceptors (Lipinski definition) is 3. The molecule has 1 aliphatic heterocycles. The fraction of sp³-hybridized carbons (Fsp3) is 0.444. The van der Waals surface area contributed by atoms with Crippen molar-refractivity contribution in [2.24, 2.45) is 5.92 Å². The Morgan fingerprint density at radius 2 is 1.94 bits per heavy atom. The van der Waals surface area contributed by atoms with Crippen molar-refractivity contribution >= 4 is 5.91 Å². The molecule has 2 aromatic rings. The predicted molar refractivity (Wildman–Crippen MR) is 122 cm³/mol. The van der Waals surface area contributed by atoms with Crippen molar-refractivity contribution in [3.05, 3.63) is 64.7 Å². The van der Waals surface area contributed by atoms with Crippen LogP contribution in [0.3, 0.4) is 0 Å². The highest BCUT2D eigenvalue weighted by Gasteiger charge is 2.54. The summed E-state index contributed by atoms with van der Waals surface area (Å²) >= 11 is 0. The van der Waals surface area contributed by atoms with Crippen LogP contribution < -0.4 is 5.32 Å². The molecule has 2 aliphatic carbocycles. The van der Waals surface area contributed by atoms with Crippen LogP contribution in [0.1, 0.15) is 47.9 Å². The summed E-state index contributed by atoms with van der Waals surface area (Å²) in [5, 5.41) is 13.9. The molecule has 0 spiro atoms. The number of benzene rings is 2. The van der Waals surface area contributed by atoms with Crippen LogP contribution in [0.25, 0.3) is 0 Å². The number of amides is 1. The maximum atomic E-state index is 12.9. The first kappa shape index (κ1) is 22.8. The van der Waals surface area contributed by atoms with E-state index in [1.54, 1.807) is 18.0 Å². The van der Waals surface area contributed by atoms with Gasteiger partial charge in [-0.2, -0.15) is 13.2 Å². The van der Waals surface area contributed by atoms with Gasteiger partial charge in [0.1, 0.15) is 5.75 Å². The van der Waals surface area contributed by atoms with Crippen LogP contribution in [0.2, 0.25) is 0 Å². The fourth-order valence-electron chi connectivity index (χ4n) is 6.37. The van der Waals surface area contributed by atoms with Crippen molar-refractivity contribution in [3.63, 3.8) is 0 Å². The van der Waals surface area contributed by atoms with Gasteiger partial charge >= 0.3 is 6.18 Å². The number of piperidine rings is 1. The number of alkyl halides is 3. The maximum absolute atomic E-state index is 12.9. The molecule has 5 rings (SSSR count). The highest BCUT2D eigenvalue weighted by Crippen LogP contribution is 2.54. The van der Waals surface area contributed by atoms with Crippen LogP contribution in [0.15, 0.2) is 42.5 Å².